The van der Waals surface area contributed by atoms with Crippen molar-refractivity contribution in [3.63, 3.8) is 0 Å². The predicted molar refractivity (Wildman–Crippen MR) is 69.8 cm³/mol. The second-order valence-electron chi connectivity index (χ2n) is 6.26. The average molecular weight is 230 g/mol. The lowest BCUT2D eigenvalue weighted by Crippen LogP contribution is -2.40. The molecular weight excluding hydrogens is 208 g/mol. The van der Waals surface area contributed by atoms with Crippen LogP contribution in [0.25, 0.3) is 0 Å². The topological polar surface area (TPSA) is 20.2 Å². The first-order chi connectivity index (χ1) is 8.14. The van der Waals surface area contributed by atoms with Crippen molar-refractivity contribution in [1.29, 1.82) is 0 Å². The normalized spacial score (nSPS) is 40.1. The summed E-state index contributed by atoms with van der Waals surface area (Å²) >= 11 is 0. The van der Waals surface area contributed by atoms with Crippen molar-refractivity contribution < 1.29 is 5.11 Å². The van der Waals surface area contributed by atoms with E-state index in [0.717, 1.165) is 6.42 Å². The molecule has 4 unspecified atom stereocenters. The Morgan fingerprint density at radius 1 is 1.18 bits per heavy atom. The van der Waals surface area contributed by atoms with Gasteiger partial charge in [0.05, 0.1) is 6.10 Å². The molecule has 1 nitrogen and oxygen atoms in total. The second kappa shape index (κ2) is 3.84. The fourth-order valence-electron chi connectivity index (χ4n) is 4.49. The number of hydrogen-bond donors (Lipinski definition) is 1. The van der Waals surface area contributed by atoms with Gasteiger partial charge in [-0.2, -0.15) is 0 Å². The quantitative estimate of drug-likeness (QED) is 0.826. The highest BCUT2D eigenvalue weighted by Gasteiger charge is 2.56. The van der Waals surface area contributed by atoms with E-state index in [9.17, 15) is 5.11 Å². The van der Waals surface area contributed by atoms with Crippen molar-refractivity contribution in [2.45, 2.75) is 44.6 Å². The van der Waals surface area contributed by atoms with Crippen LogP contribution in [-0.4, -0.2) is 11.2 Å². The number of benzene rings is 1. The molecule has 2 bridgehead atoms. The van der Waals surface area contributed by atoms with Crippen molar-refractivity contribution in [1.82, 2.24) is 0 Å². The molecule has 0 heterocycles. The van der Waals surface area contributed by atoms with Gasteiger partial charge in [0.2, 0.25) is 0 Å². The van der Waals surface area contributed by atoms with Gasteiger partial charge >= 0.3 is 0 Å². The lowest BCUT2D eigenvalue weighted by atomic mass is 9.62. The summed E-state index contributed by atoms with van der Waals surface area (Å²) in [4.78, 5) is 0. The molecule has 0 aliphatic heterocycles. The molecule has 17 heavy (non-hydrogen) atoms. The summed E-state index contributed by atoms with van der Waals surface area (Å²) in [7, 11) is 0. The number of fused-ring (bicyclic) bond motifs is 2. The highest BCUT2D eigenvalue weighted by atomic mass is 16.3. The van der Waals surface area contributed by atoms with Gasteiger partial charge in [-0.05, 0) is 42.6 Å². The summed E-state index contributed by atoms with van der Waals surface area (Å²) < 4.78 is 0. The first-order valence-electron chi connectivity index (χ1n) is 6.88. The molecule has 1 heteroatoms. The molecule has 0 saturated heterocycles. The van der Waals surface area contributed by atoms with Crippen LogP contribution in [0, 0.1) is 17.8 Å². The maximum absolute atomic E-state index is 9.98. The highest BCUT2D eigenvalue weighted by molar-refractivity contribution is 5.31. The van der Waals surface area contributed by atoms with Crippen LogP contribution in [0.15, 0.2) is 30.3 Å². The van der Waals surface area contributed by atoms with Crippen molar-refractivity contribution in [3.05, 3.63) is 35.9 Å². The van der Waals surface area contributed by atoms with Crippen LogP contribution >= 0.6 is 0 Å². The molecule has 0 amide bonds. The Morgan fingerprint density at radius 3 is 2.35 bits per heavy atom. The minimum absolute atomic E-state index is 0.0319. The lowest BCUT2D eigenvalue weighted by Gasteiger charge is -2.43. The van der Waals surface area contributed by atoms with Gasteiger partial charge in [0, 0.05) is 5.41 Å². The third-order valence-electron chi connectivity index (χ3n) is 5.33. The van der Waals surface area contributed by atoms with E-state index in [4.69, 9.17) is 0 Å². The Balaban J connectivity index is 2.03. The highest BCUT2D eigenvalue weighted by Crippen LogP contribution is 2.60. The van der Waals surface area contributed by atoms with Crippen LogP contribution in [0.3, 0.4) is 0 Å². The molecule has 1 N–H and O–H groups in total. The predicted octanol–water partition coefficient (Wildman–Crippen LogP) is 3.37. The maximum atomic E-state index is 9.98. The van der Waals surface area contributed by atoms with Gasteiger partial charge in [-0.15, -0.1) is 0 Å². The van der Waals surface area contributed by atoms with E-state index in [-0.39, 0.29) is 6.10 Å². The van der Waals surface area contributed by atoms with Crippen LogP contribution in [0.4, 0.5) is 0 Å². The zero-order valence-electron chi connectivity index (χ0n) is 10.8. The summed E-state index contributed by atoms with van der Waals surface area (Å²) in [5, 5.41) is 9.98. The largest absolute Gasteiger partial charge is 0.393 e. The number of aliphatic hydroxyl groups excluding tert-OH is 1. The summed E-state index contributed by atoms with van der Waals surface area (Å²) in [6.45, 7) is 4.69. The molecular formula is C16H22O. The minimum atomic E-state index is -0.0319. The van der Waals surface area contributed by atoms with E-state index in [1.807, 2.05) is 0 Å². The van der Waals surface area contributed by atoms with E-state index in [1.54, 1.807) is 0 Å². The van der Waals surface area contributed by atoms with E-state index in [1.165, 1.54) is 18.4 Å². The minimum Gasteiger partial charge on any atom is -0.393 e. The van der Waals surface area contributed by atoms with Crippen molar-refractivity contribution in [3.8, 4) is 0 Å². The molecule has 1 aromatic carbocycles. The molecule has 1 aromatic rings. The van der Waals surface area contributed by atoms with Crippen LogP contribution in [0.2, 0.25) is 0 Å². The lowest BCUT2D eigenvalue weighted by molar-refractivity contribution is 0.0669. The Hall–Kier alpha value is -0.820. The average Bonchev–Trinajstić information content (AvgIpc) is 2.87. The van der Waals surface area contributed by atoms with Gasteiger partial charge in [0.1, 0.15) is 0 Å². The molecule has 2 fully saturated rings. The fraction of sp³-hybridized carbons (Fsp3) is 0.625. The second-order valence-corrected chi connectivity index (χ2v) is 6.26. The van der Waals surface area contributed by atoms with Crippen molar-refractivity contribution in [2.24, 2.45) is 17.8 Å². The molecule has 0 spiro atoms. The molecule has 2 aliphatic rings. The molecule has 0 radical (unpaired) electrons. The third kappa shape index (κ3) is 1.48. The molecule has 0 aromatic heterocycles. The maximum Gasteiger partial charge on any atom is 0.0571 e. The Labute approximate surface area is 104 Å². The molecule has 92 valence electrons. The van der Waals surface area contributed by atoms with Crippen LogP contribution in [0.1, 0.15) is 38.7 Å². The summed E-state index contributed by atoms with van der Waals surface area (Å²) in [5.41, 5.74) is 1.82. The third-order valence-corrected chi connectivity index (χ3v) is 5.33. The van der Waals surface area contributed by atoms with E-state index in [0.29, 0.717) is 23.2 Å². The molecule has 2 saturated carbocycles. The summed E-state index contributed by atoms with van der Waals surface area (Å²) in [5.74, 6) is 1.89. The van der Waals surface area contributed by atoms with Gasteiger partial charge in [-0.25, -0.2) is 0 Å². The van der Waals surface area contributed by atoms with Crippen LogP contribution < -0.4 is 0 Å². The van der Waals surface area contributed by atoms with Crippen LogP contribution in [-0.2, 0) is 5.41 Å². The van der Waals surface area contributed by atoms with Gasteiger partial charge in [0.15, 0.2) is 0 Å². The smallest absolute Gasteiger partial charge is 0.0571 e. The SMILES string of the molecule is CC(C)C1(c2ccccc2)CC2CC1CC2O. The van der Waals surface area contributed by atoms with Gasteiger partial charge in [-0.3, -0.25) is 0 Å². The van der Waals surface area contributed by atoms with Crippen molar-refractivity contribution in [2.75, 3.05) is 0 Å². The summed E-state index contributed by atoms with van der Waals surface area (Å²) in [6.07, 6.45) is 3.39. The summed E-state index contributed by atoms with van der Waals surface area (Å²) in [6, 6.07) is 11.0. The Morgan fingerprint density at radius 2 is 1.88 bits per heavy atom. The van der Waals surface area contributed by atoms with E-state index < -0.39 is 0 Å². The van der Waals surface area contributed by atoms with Gasteiger partial charge in [0.25, 0.3) is 0 Å². The van der Waals surface area contributed by atoms with Crippen molar-refractivity contribution >= 4 is 0 Å². The zero-order valence-corrected chi connectivity index (χ0v) is 10.8. The zero-order chi connectivity index (χ0) is 12.0. The van der Waals surface area contributed by atoms with Crippen LogP contribution in [0.5, 0.6) is 0 Å². The molecule has 2 aliphatic carbocycles. The number of hydrogen-bond acceptors (Lipinski definition) is 1. The van der Waals surface area contributed by atoms with Gasteiger partial charge < -0.3 is 5.11 Å². The fourth-order valence-corrected chi connectivity index (χ4v) is 4.49. The van der Waals surface area contributed by atoms with E-state index in [2.05, 4.69) is 44.2 Å². The molecule has 4 atom stereocenters. The number of aliphatic hydroxyl groups is 1. The standard InChI is InChI=1S/C16H22O/c1-11(2)16(13-6-4-3-5-7-13)10-12-8-14(16)9-15(12)17/h3-7,11-12,14-15,17H,8-10H2,1-2H3. The first-order valence-corrected chi connectivity index (χ1v) is 6.88. The first kappa shape index (κ1) is 11.3. The Bertz CT molecular complexity index is 395. The van der Waals surface area contributed by atoms with Gasteiger partial charge in [-0.1, -0.05) is 44.2 Å². The number of rotatable bonds is 2. The van der Waals surface area contributed by atoms with E-state index >= 15 is 0 Å². The molecule has 3 rings (SSSR count). The monoisotopic (exact) mass is 230 g/mol. The Kier molecular flexibility index (Phi) is 2.55.